The fourth-order valence-electron chi connectivity index (χ4n) is 1.86. The summed E-state index contributed by atoms with van der Waals surface area (Å²) in [5.74, 6) is -1.46. The number of nitrogens with zero attached hydrogens (tertiary/aromatic N) is 3. The lowest BCUT2D eigenvalue weighted by Gasteiger charge is -2.04. The number of anilines is 1. The van der Waals surface area contributed by atoms with Crippen molar-refractivity contribution in [3.63, 3.8) is 0 Å². The molecular weight excluding hydrogens is 272 g/mol. The highest BCUT2D eigenvalue weighted by Gasteiger charge is 2.12. The molecule has 7 heteroatoms. The topological polar surface area (TPSA) is 97.1 Å². The molecule has 21 heavy (non-hydrogen) atoms. The Labute approximate surface area is 121 Å². The molecule has 0 aliphatic rings. The maximum Gasteiger partial charge on any atom is 0.325 e. The lowest BCUT2D eigenvalue weighted by atomic mass is 10.1. The summed E-state index contributed by atoms with van der Waals surface area (Å²) < 4.78 is 1.10. The third kappa shape index (κ3) is 4.13. The summed E-state index contributed by atoms with van der Waals surface area (Å²) in [6, 6.07) is 7.57. The number of carboxylic acids is 1. The van der Waals surface area contributed by atoms with Crippen LogP contribution in [0.4, 0.5) is 5.69 Å². The van der Waals surface area contributed by atoms with E-state index in [0.29, 0.717) is 5.69 Å². The van der Waals surface area contributed by atoms with Gasteiger partial charge in [0.2, 0.25) is 0 Å². The first-order chi connectivity index (χ1) is 10.1. The number of aliphatic carboxylic acids is 1. The van der Waals surface area contributed by atoms with E-state index in [0.717, 1.165) is 17.5 Å². The average Bonchev–Trinajstić information content (AvgIpc) is 2.89. The minimum Gasteiger partial charge on any atom is -0.480 e. The Morgan fingerprint density at radius 1 is 1.29 bits per heavy atom. The molecule has 1 heterocycles. The van der Waals surface area contributed by atoms with Crippen molar-refractivity contribution in [3.05, 3.63) is 41.7 Å². The molecule has 1 aromatic carbocycles. The van der Waals surface area contributed by atoms with Gasteiger partial charge in [-0.25, -0.2) is 4.68 Å². The van der Waals surface area contributed by atoms with Crippen LogP contribution in [-0.4, -0.2) is 32.0 Å². The Balaban J connectivity index is 2.00. The minimum atomic E-state index is -1.04. The summed E-state index contributed by atoms with van der Waals surface area (Å²) in [6.45, 7) is 1.78. The smallest absolute Gasteiger partial charge is 0.325 e. The van der Waals surface area contributed by atoms with Crippen LogP contribution in [0, 0.1) is 0 Å². The molecule has 0 aliphatic heterocycles. The van der Waals surface area contributed by atoms with E-state index >= 15 is 0 Å². The van der Waals surface area contributed by atoms with Crippen molar-refractivity contribution in [2.75, 3.05) is 5.32 Å². The van der Waals surface area contributed by atoms with Gasteiger partial charge in [0.1, 0.15) is 6.54 Å². The minimum absolute atomic E-state index is 0.0777. The van der Waals surface area contributed by atoms with Crippen LogP contribution >= 0.6 is 0 Å². The molecular formula is C14H16N4O3. The predicted octanol–water partition coefficient (Wildman–Crippen LogP) is 1.57. The highest BCUT2D eigenvalue weighted by atomic mass is 16.4. The van der Waals surface area contributed by atoms with Crippen LogP contribution in [-0.2, 0) is 17.8 Å². The van der Waals surface area contributed by atoms with Crippen LogP contribution < -0.4 is 5.32 Å². The fraction of sp³-hybridized carbons (Fsp3) is 0.286. The van der Waals surface area contributed by atoms with E-state index in [1.54, 1.807) is 0 Å². The van der Waals surface area contributed by atoms with Crippen molar-refractivity contribution in [1.29, 1.82) is 0 Å². The van der Waals surface area contributed by atoms with Gasteiger partial charge in [-0.15, -0.1) is 5.10 Å². The Bertz CT molecular complexity index is 634. The first-order valence-electron chi connectivity index (χ1n) is 6.60. The van der Waals surface area contributed by atoms with Gasteiger partial charge in [-0.05, 0) is 24.1 Å². The maximum absolute atomic E-state index is 11.9. The molecule has 0 radical (unpaired) electrons. The number of hydrogen-bond donors (Lipinski definition) is 2. The number of aryl methyl sites for hydroxylation is 1. The van der Waals surface area contributed by atoms with Gasteiger partial charge in [-0.3, -0.25) is 9.59 Å². The molecule has 7 nitrogen and oxygen atoms in total. The van der Waals surface area contributed by atoms with Gasteiger partial charge in [0.25, 0.3) is 5.91 Å². The monoisotopic (exact) mass is 288 g/mol. The summed E-state index contributed by atoms with van der Waals surface area (Å²) >= 11 is 0. The molecule has 2 N–H and O–H groups in total. The number of carboxylic acid groups (broad SMARTS) is 1. The van der Waals surface area contributed by atoms with E-state index in [1.807, 2.05) is 24.3 Å². The quantitative estimate of drug-likeness (QED) is 0.840. The largest absolute Gasteiger partial charge is 0.480 e. The summed E-state index contributed by atoms with van der Waals surface area (Å²) in [6.07, 6.45) is 3.37. The van der Waals surface area contributed by atoms with Crippen molar-refractivity contribution >= 4 is 17.6 Å². The Kier molecular flexibility index (Phi) is 4.65. The van der Waals surface area contributed by atoms with Crippen molar-refractivity contribution in [3.8, 4) is 0 Å². The second kappa shape index (κ2) is 6.65. The number of carbonyl (C=O) groups is 2. The molecule has 0 bridgehead atoms. The van der Waals surface area contributed by atoms with Gasteiger partial charge >= 0.3 is 5.97 Å². The van der Waals surface area contributed by atoms with Crippen molar-refractivity contribution < 1.29 is 14.7 Å². The van der Waals surface area contributed by atoms with E-state index in [2.05, 4.69) is 22.6 Å². The molecule has 0 unspecified atom stereocenters. The SMILES string of the molecule is CCCc1ccc(NC(=O)c2cn(CC(=O)O)nn2)cc1. The maximum atomic E-state index is 11.9. The Morgan fingerprint density at radius 2 is 2.00 bits per heavy atom. The molecule has 1 amide bonds. The number of rotatable bonds is 6. The lowest BCUT2D eigenvalue weighted by Crippen LogP contribution is -2.12. The van der Waals surface area contributed by atoms with E-state index in [9.17, 15) is 9.59 Å². The second-order valence-electron chi connectivity index (χ2n) is 4.60. The first-order valence-corrected chi connectivity index (χ1v) is 6.60. The zero-order valence-electron chi connectivity index (χ0n) is 11.6. The van der Waals surface area contributed by atoms with E-state index in [1.165, 1.54) is 11.8 Å². The number of benzene rings is 1. The van der Waals surface area contributed by atoms with Gasteiger partial charge in [-0.2, -0.15) is 0 Å². The van der Waals surface area contributed by atoms with Crippen molar-refractivity contribution in [2.45, 2.75) is 26.3 Å². The number of amides is 1. The summed E-state index contributed by atoms with van der Waals surface area (Å²) in [7, 11) is 0. The number of aromatic nitrogens is 3. The summed E-state index contributed by atoms with van der Waals surface area (Å²) in [5.41, 5.74) is 1.95. The molecule has 2 aromatic rings. The van der Waals surface area contributed by atoms with Gasteiger partial charge in [0, 0.05) is 5.69 Å². The number of hydrogen-bond acceptors (Lipinski definition) is 4. The third-order valence-electron chi connectivity index (χ3n) is 2.82. The van der Waals surface area contributed by atoms with Crippen LogP contribution in [0.3, 0.4) is 0 Å². The molecule has 2 rings (SSSR count). The number of nitrogens with one attached hydrogen (secondary N) is 1. The summed E-state index contributed by atoms with van der Waals surface area (Å²) in [4.78, 5) is 22.5. The normalized spacial score (nSPS) is 10.3. The van der Waals surface area contributed by atoms with Crippen LogP contribution in [0.15, 0.2) is 30.5 Å². The molecule has 0 saturated heterocycles. The first kappa shape index (κ1) is 14.7. The molecule has 0 spiro atoms. The van der Waals surface area contributed by atoms with Gasteiger partial charge in [-0.1, -0.05) is 30.7 Å². The van der Waals surface area contributed by atoms with E-state index < -0.39 is 11.9 Å². The van der Waals surface area contributed by atoms with Gasteiger partial charge < -0.3 is 10.4 Å². The highest BCUT2D eigenvalue weighted by Crippen LogP contribution is 2.12. The van der Waals surface area contributed by atoms with Crippen molar-refractivity contribution in [2.24, 2.45) is 0 Å². The predicted molar refractivity (Wildman–Crippen MR) is 76.0 cm³/mol. The van der Waals surface area contributed by atoms with Gasteiger partial charge in [0.15, 0.2) is 5.69 Å². The highest BCUT2D eigenvalue weighted by molar-refractivity contribution is 6.02. The molecule has 0 fully saturated rings. The van der Waals surface area contributed by atoms with Crippen molar-refractivity contribution in [1.82, 2.24) is 15.0 Å². The number of carbonyl (C=O) groups excluding carboxylic acids is 1. The van der Waals surface area contributed by atoms with E-state index in [-0.39, 0.29) is 12.2 Å². The zero-order valence-corrected chi connectivity index (χ0v) is 11.6. The van der Waals surface area contributed by atoms with Crippen LogP contribution in [0.5, 0.6) is 0 Å². The fourth-order valence-corrected chi connectivity index (χ4v) is 1.86. The third-order valence-corrected chi connectivity index (χ3v) is 2.82. The molecule has 1 aromatic heterocycles. The van der Waals surface area contributed by atoms with E-state index in [4.69, 9.17) is 5.11 Å². The summed E-state index contributed by atoms with van der Waals surface area (Å²) in [5, 5.41) is 18.6. The molecule has 0 saturated carbocycles. The lowest BCUT2D eigenvalue weighted by molar-refractivity contribution is -0.137. The Morgan fingerprint density at radius 3 is 2.62 bits per heavy atom. The standard InChI is InChI=1S/C14H16N4O3/c1-2-3-10-4-6-11(7-5-10)15-14(21)12-8-18(17-16-12)9-13(19)20/h4-8H,2-3,9H2,1H3,(H,15,21)(H,19,20). The van der Waals surface area contributed by atoms with Crippen LogP contribution in [0.1, 0.15) is 29.4 Å². The molecule has 110 valence electrons. The second-order valence-corrected chi connectivity index (χ2v) is 4.60. The molecule has 0 aliphatic carbocycles. The molecule has 0 atom stereocenters. The van der Waals surface area contributed by atoms with Crippen LogP contribution in [0.25, 0.3) is 0 Å². The average molecular weight is 288 g/mol. The van der Waals surface area contributed by atoms with Crippen LogP contribution in [0.2, 0.25) is 0 Å². The van der Waals surface area contributed by atoms with Gasteiger partial charge in [0.05, 0.1) is 6.20 Å². The Hall–Kier alpha value is -2.70. The zero-order chi connectivity index (χ0) is 15.2.